The van der Waals surface area contributed by atoms with E-state index in [0.717, 1.165) is 24.3 Å². The summed E-state index contributed by atoms with van der Waals surface area (Å²) in [4.78, 5) is 15.7. The fraction of sp³-hybridized carbons (Fsp3) is 0.278. The van der Waals surface area contributed by atoms with E-state index in [4.69, 9.17) is 0 Å². The minimum atomic E-state index is -0.0601. The number of carbonyl (C=O) groups is 1. The highest BCUT2D eigenvalue weighted by Gasteiger charge is 2.28. The molecule has 4 heteroatoms. The molecule has 0 spiro atoms. The Balaban J connectivity index is 1.83. The predicted octanol–water partition coefficient (Wildman–Crippen LogP) is 4.92. The molecule has 1 aliphatic rings. The molecule has 22 heavy (non-hydrogen) atoms. The van der Waals surface area contributed by atoms with Crippen LogP contribution in [0.1, 0.15) is 18.9 Å². The molecule has 1 aliphatic heterocycles. The molecule has 0 aromatic heterocycles. The lowest BCUT2D eigenvalue weighted by Gasteiger charge is -2.33. The van der Waals surface area contributed by atoms with Crippen molar-refractivity contribution < 1.29 is 4.79 Å². The van der Waals surface area contributed by atoms with Gasteiger partial charge in [0, 0.05) is 22.4 Å². The van der Waals surface area contributed by atoms with Gasteiger partial charge in [-0.05, 0) is 37.6 Å². The Kier molecular flexibility index (Phi) is 4.39. The molecule has 2 aromatic rings. The largest absolute Gasteiger partial charge is 0.326 e. The van der Waals surface area contributed by atoms with Crippen molar-refractivity contribution in [3.8, 4) is 0 Å². The highest BCUT2D eigenvalue weighted by Crippen LogP contribution is 2.39. The monoisotopic (exact) mass is 312 g/mol. The highest BCUT2D eigenvalue weighted by molar-refractivity contribution is 8.00. The van der Waals surface area contributed by atoms with Crippen LogP contribution < -0.4 is 10.2 Å². The van der Waals surface area contributed by atoms with Crippen LogP contribution in [0.3, 0.4) is 0 Å². The Morgan fingerprint density at radius 2 is 1.95 bits per heavy atom. The van der Waals surface area contributed by atoms with E-state index in [-0.39, 0.29) is 6.03 Å². The quantitative estimate of drug-likeness (QED) is 0.854. The van der Waals surface area contributed by atoms with Gasteiger partial charge in [-0.3, -0.25) is 4.90 Å². The van der Waals surface area contributed by atoms with Crippen LogP contribution >= 0.6 is 11.8 Å². The molecule has 1 atom stereocenters. The minimum absolute atomic E-state index is 0.0601. The van der Waals surface area contributed by atoms with Crippen molar-refractivity contribution in [1.82, 2.24) is 0 Å². The molecule has 0 fully saturated rings. The lowest BCUT2D eigenvalue weighted by atomic mass is 10.2. The number of para-hydroxylation sites is 1. The molecule has 1 unspecified atom stereocenters. The standard InChI is InChI=1S/C18H20N2OS/c1-3-15-12-20(16-6-4-5-7-17(16)22-15)18(21)19-14-10-8-13(2)9-11-14/h4-11,15H,3,12H2,1-2H3,(H,19,21). The maximum absolute atomic E-state index is 12.7. The first-order chi connectivity index (χ1) is 10.7. The SMILES string of the molecule is CCC1CN(C(=O)Nc2ccc(C)cc2)c2ccccc2S1. The molecule has 1 heterocycles. The van der Waals surface area contributed by atoms with Gasteiger partial charge < -0.3 is 5.32 Å². The number of anilines is 2. The van der Waals surface area contributed by atoms with Crippen molar-refractivity contribution in [3.63, 3.8) is 0 Å². The fourth-order valence-electron chi connectivity index (χ4n) is 2.53. The number of thioether (sulfide) groups is 1. The third-order valence-electron chi connectivity index (χ3n) is 3.84. The van der Waals surface area contributed by atoms with Crippen LogP contribution in [0.4, 0.5) is 16.2 Å². The number of rotatable bonds is 2. The lowest BCUT2D eigenvalue weighted by molar-refractivity contribution is 0.256. The van der Waals surface area contributed by atoms with Crippen molar-refractivity contribution in [3.05, 3.63) is 54.1 Å². The van der Waals surface area contributed by atoms with Crippen LogP contribution in [0.5, 0.6) is 0 Å². The number of benzene rings is 2. The van der Waals surface area contributed by atoms with Crippen molar-refractivity contribution in [2.45, 2.75) is 30.4 Å². The normalized spacial score (nSPS) is 17.0. The average molecular weight is 312 g/mol. The van der Waals surface area contributed by atoms with Gasteiger partial charge in [0.15, 0.2) is 0 Å². The molecular weight excluding hydrogens is 292 g/mol. The minimum Gasteiger partial charge on any atom is -0.308 e. The van der Waals surface area contributed by atoms with Crippen molar-refractivity contribution in [2.24, 2.45) is 0 Å². The molecule has 3 rings (SSSR count). The summed E-state index contributed by atoms with van der Waals surface area (Å²) in [5, 5.41) is 3.45. The topological polar surface area (TPSA) is 32.3 Å². The molecule has 0 bridgehead atoms. The number of nitrogens with zero attached hydrogens (tertiary/aromatic N) is 1. The van der Waals surface area contributed by atoms with Gasteiger partial charge in [0.2, 0.25) is 0 Å². The van der Waals surface area contributed by atoms with Crippen LogP contribution in [0.2, 0.25) is 0 Å². The van der Waals surface area contributed by atoms with Gasteiger partial charge >= 0.3 is 6.03 Å². The second kappa shape index (κ2) is 6.44. The third-order valence-corrected chi connectivity index (χ3v) is 5.25. The molecule has 0 radical (unpaired) electrons. The molecule has 114 valence electrons. The summed E-state index contributed by atoms with van der Waals surface area (Å²) in [5.74, 6) is 0. The summed E-state index contributed by atoms with van der Waals surface area (Å²) >= 11 is 1.86. The number of amides is 2. The number of aryl methyl sites for hydroxylation is 1. The van der Waals surface area contributed by atoms with Gasteiger partial charge in [0.1, 0.15) is 0 Å². The van der Waals surface area contributed by atoms with Crippen LogP contribution in [0.25, 0.3) is 0 Å². The lowest BCUT2D eigenvalue weighted by Crippen LogP contribution is -2.41. The number of fused-ring (bicyclic) bond motifs is 1. The van der Waals surface area contributed by atoms with Gasteiger partial charge in [0.05, 0.1) is 5.69 Å². The Morgan fingerprint density at radius 1 is 1.23 bits per heavy atom. The molecule has 3 nitrogen and oxygen atoms in total. The summed E-state index contributed by atoms with van der Waals surface area (Å²) < 4.78 is 0. The second-order valence-corrected chi connectivity index (χ2v) is 6.86. The highest BCUT2D eigenvalue weighted by atomic mass is 32.2. The average Bonchev–Trinajstić information content (AvgIpc) is 2.55. The first-order valence-electron chi connectivity index (χ1n) is 7.58. The van der Waals surface area contributed by atoms with E-state index in [0.29, 0.717) is 5.25 Å². The van der Waals surface area contributed by atoms with E-state index in [9.17, 15) is 4.79 Å². The summed E-state index contributed by atoms with van der Waals surface area (Å²) in [6.45, 7) is 4.95. The third kappa shape index (κ3) is 3.12. The molecule has 0 saturated heterocycles. The zero-order valence-corrected chi connectivity index (χ0v) is 13.7. The van der Waals surface area contributed by atoms with E-state index in [2.05, 4.69) is 18.3 Å². The maximum atomic E-state index is 12.7. The Labute approximate surface area is 135 Å². The van der Waals surface area contributed by atoms with Crippen LogP contribution in [0.15, 0.2) is 53.4 Å². The number of carbonyl (C=O) groups excluding carboxylic acids is 1. The summed E-state index contributed by atoms with van der Waals surface area (Å²) in [6.07, 6.45) is 1.05. The van der Waals surface area contributed by atoms with E-state index in [1.54, 1.807) is 0 Å². The van der Waals surface area contributed by atoms with Crippen LogP contribution in [-0.2, 0) is 0 Å². The van der Waals surface area contributed by atoms with Gasteiger partial charge in [-0.2, -0.15) is 0 Å². The Bertz CT molecular complexity index is 669. The number of nitrogens with one attached hydrogen (secondary N) is 1. The van der Waals surface area contributed by atoms with Gasteiger partial charge in [-0.1, -0.05) is 36.8 Å². The number of hydrogen-bond acceptors (Lipinski definition) is 2. The molecular formula is C18H20N2OS. The molecule has 1 N–H and O–H groups in total. The Morgan fingerprint density at radius 3 is 2.68 bits per heavy atom. The maximum Gasteiger partial charge on any atom is 0.326 e. The van der Waals surface area contributed by atoms with Gasteiger partial charge in [-0.15, -0.1) is 11.8 Å². The Hall–Kier alpha value is -1.94. The van der Waals surface area contributed by atoms with E-state index in [1.807, 2.05) is 66.1 Å². The zero-order valence-electron chi connectivity index (χ0n) is 12.9. The fourth-order valence-corrected chi connectivity index (χ4v) is 3.74. The summed E-state index contributed by atoms with van der Waals surface area (Å²) in [7, 11) is 0. The smallest absolute Gasteiger partial charge is 0.308 e. The molecule has 0 saturated carbocycles. The van der Waals surface area contributed by atoms with E-state index < -0.39 is 0 Å². The number of hydrogen-bond donors (Lipinski definition) is 1. The molecule has 0 aliphatic carbocycles. The predicted molar refractivity (Wildman–Crippen MR) is 93.9 cm³/mol. The molecule has 2 aromatic carbocycles. The zero-order chi connectivity index (χ0) is 15.5. The second-order valence-electron chi connectivity index (χ2n) is 5.52. The van der Waals surface area contributed by atoms with Crippen molar-refractivity contribution in [2.75, 3.05) is 16.8 Å². The van der Waals surface area contributed by atoms with Crippen molar-refractivity contribution in [1.29, 1.82) is 0 Å². The van der Waals surface area contributed by atoms with E-state index in [1.165, 1.54) is 10.5 Å². The first-order valence-corrected chi connectivity index (χ1v) is 8.46. The summed E-state index contributed by atoms with van der Waals surface area (Å²) in [5.41, 5.74) is 3.02. The van der Waals surface area contributed by atoms with Crippen LogP contribution in [-0.4, -0.2) is 17.8 Å². The number of urea groups is 1. The molecule has 2 amide bonds. The first kappa shape index (κ1) is 15.0. The van der Waals surface area contributed by atoms with Gasteiger partial charge in [-0.25, -0.2) is 4.79 Å². The summed E-state index contributed by atoms with van der Waals surface area (Å²) in [6, 6.07) is 15.9. The van der Waals surface area contributed by atoms with Crippen molar-refractivity contribution >= 4 is 29.2 Å². The van der Waals surface area contributed by atoms with Gasteiger partial charge in [0.25, 0.3) is 0 Å². The van der Waals surface area contributed by atoms with E-state index >= 15 is 0 Å². The van der Waals surface area contributed by atoms with Crippen LogP contribution in [0, 0.1) is 6.92 Å².